The number of hydrogen-bond donors (Lipinski definition) is 0. The fraction of sp³-hybridized carbons (Fsp3) is 0.333. The van der Waals surface area contributed by atoms with Gasteiger partial charge in [0, 0.05) is 30.3 Å². The summed E-state index contributed by atoms with van der Waals surface area (Å²) in [6.45, 7) is 3.53. The molecule has 0 aromatic heterocycles. The van der Waals surface area contributed by atoms with E-state index in [1.807, 2.05) is 6.92 Å². The van der Waals surface area contributed by atoms with Gasteiger partial charge in [-0.25, -0.2) is 0 Å². The van der Waals surface area contributed by atoms with E-state index in [0.717, 1.165) is 0 Å². The molecule has 5 heteroatoms. The number of likely N-dealkylation sites (N-methyl/N-ethyl adjacent to an activating group) is 1. The summed E-state index contributed by atoms with van der Waals surface area (Å²) in [5, 5.41) is 0.611. The first-order valence-corrected chi connectivity index (χ1v) is 5.87. The molecule has 1 aliphatic heterocycles. The SMILES string of the molecule is CCN1CCN(c2ccc(Cl)cc2)C(=O)C1=O. The predicted octanol–water partition coefficient (Wildman–Crippen LogP) is 1.54. The largest absolute Gasteiger partial charge is 0.333 e. The molecule has 4 nitrogen and oxygen atoms in total. The van der Waals surface area contributed by atoms with Crippen LogP contribution in [0.5, 0.6) is 0 Å². The molecule has 1 aromatic carbocycles. The Kier molecular flexibility index (Phi) is 3.33. The van der Waals surface area contributed by atoms with Crippen LogP contribution in [0.2, 0.25) is 5.02 Å². The van der Waals surface area contributed by atoms with Crippen LogP contribution in [0.3, 0.4) is 0 Å². The molecule has 0 aliphatic carbocycles. The molecule has 1 saturated heterocycles. The molecule has 0 unspecified atom stereocenters. The Balaban J connectivity index is 2.21. The van der Waals surface area contributed by atoms with Gasteiger partial charge in [0.2, 0.25) is 0 Å². The van der Waals surface area contributed by atoms with E-state index < -0.39 is 11.8 Å². The third kappa shape index (κ3) is 2.26. The van der Waals surface area contributed by atoms with Gasteiger partial charge in [0.25, 0.3) is 0 Å². The van der Waals surface area contributed by atoms with Crippen molar-refractivity contribution in [1.29, 1.82) is 0 Å². The van der Waals surface area contributed by atoms with Crippen LogP contribution < -0.4 is 4.90 Å². The summed E-state index contributed by atoms with van der Waals surface area (Å²) >= 11 is 5.78. The number of amides is 2. The second-order valence-electron chi connectivity index (χ2n) is 3.82. The van der Waals surface area contributed by atoms with E-state index in [0.29, 0.717) is 30.3 Å². The zero-order chi connectivity index (χ0) is 12.4. The molecule has 1 aliphatic rings. The quantitative estimate of drug-likeness (QED) is 0.749. The number of halogens is 1. The highest BCUT2D eigenvalue weighted by Crippen LogP contribution is 2.20. The first kappa shape index (κ1) is 11.9. The molecule has 1 aromatic rings. The summed E-state index contributed by atoms with van der Waals surface area (Å²) in [5.41, 5.74) is 0.712. The van der Waals surface area contributed by atoms with Crippen molar-refractivity contribution >= 4 is 29.1 Å². The van der Waals surface area contributed by atoms with Crippen molar-refractivity contribution in [3.8, 4) is 0 Å². The van der Waals surface area contributed by atoms with Gasteiger partial charge in [0.05, 0.1) is 0 Å². The first-order chi connectivity index (χ1) is 8.13. The molecule has 0 radical (unpaired) electrons. The van der Waals surface area contributed by atoms with Crippen LogP contribution in [0.1, 0.15) is 6.92 Å². The van der Waals surface area contributed by atoms with Crippen molar-refractivity contribution < 1.29 is 9.59 Å². The first-order valence-electron chi connectivity index (χ1n) is 5.50. The summed E-state index contributed by atoms with van der Waals surface area (Å²) in [5.74, 6) is -0.908. The van der Waals surface area contributed by atoms with Gasteiger partial charge in [-0.05, 0) is 31.2 Å². The van der Waals surface area contributed by atoms with Crippen LogP contribution >= 0.6 is 11.6 Å². The number of carbonyl (C=O) groups excluding carboxylic acids is 2. The monoisotopic (exact) mass is 252 g/mol. The Labute approximate surface area is 105 Å². The lowest BCUT2D eigenvalue weighted by Crippen LogP contribution is -2.54. The average Bonchev–Trinajstić information content (AvgIpc) is 2.34. The summed E-state index contributed by atoms with van der Waals surface area (Å²) < 4.78 is 0. The Morgan fingerprint density at radius 3 is 2.35 bits per heavy atom. The van der Waals surface area contributed by atoms with Gasteiger partial charge in [-0.1, -0.05) is 11.6 Å². The molecular weight excluding hydrogens is 240 g/mol. The summed E-state index contributed by atoms with van der Waals surface area (Å²) in [6, 6.07) is 6.91. The van der Waals surface area contributed by atoms with Gasteiger partial charge >= 0.3 is 11.8 Å². The molecule has 0 saturated carbocycles. The molecule has 1 heterocycles. The van der Waals surface area contributed by atoms with Crippen LogP contribution in [-0.2, 0) is 9.59 Å². The van der Waals surface area contributed by atoms with Crippen molar-refractivity contribution in [2.75, 3.05) is 24.5 Å². The zero-order valence-corrected chi connectivity index (χ0v) is 10.3. The zero-order valence-electron chi connectivity index (χ0n) is 9.52. The number of rotatable bonds is 2. The topological polar surface area (TPSA) is 40.6 Å². The van der Waals surface area contributed by atoms with Gasteiger partial charge in [-0.15, -0.1) is 0 Å². The molecule has 90 valence electrons. The molecular formula is C12H13ClN2O2. The molecule has 0 N–H and O–H groups in total. The lowest BCUT2D eigenvalue weighted by Gasteiger charge is -2.33. The Bertz CT molecular complexity index is 444. The summed E-state index contributed by atoms with van der Waals surface area (Å²) in [4.78, 5) is 26.6. The third-order valence-electron chi connectivity index (χ3n) is 2.83. The highest BCUT2D eigenvalue weighted by Gasteiger charge is 2.32. The van der Waals surface area contributed by atoms with Crippen LogP contribution in [0.4, 0.5) is 5.69 Å². The van der Waals surface area contributed by atoms with E-state index in [1.54, 1.807) is 29.2 Å². The number of hydrogen-bond acceptors (Lipinski definition) is 2. The van der Waals surface area contributed by atoms with Crippen molar-refractivity contribution in [1.82, 2.24) is 4.90 Å². The number of piperazine rings is 1. The van der Waals surface area contributed by atoms with Crippen LogP contribution in [-0.4, -0.2) is 36.3 Å². The van der Waals surface area contributed by atoms with Crippen molar-refractivity contribution in [2.45, 2.75) is 6.92 Å². The van der Waals surface area contributed by atoms with Crippen molar-refractivity contribution in [3.05, 3.63) is 29.3 Å². The molecule has 0 spiro atoms. The van der Waals surface area contributed by atoms with Crippen LogP contribution in [0, 0.1) is 0 Å². The average molecular weight is 253 g/mol. The molecule has 0 atom stereocenters. The maximum Gasteiger partial charge on any atom is 0.316 e. The van der Waals surface area contributed by atoms with Crippen LogP contribution in [0.15, 0.2) is 24.3 Å². The van der Waals surface area contributed by atoms with Crippen molar-refractivity contribution in [2.24, 2.45) is 0 Å². The van der Waals surface area contributed by atoms with Gasteiger partial charge in [-0.3, -0.25) is 9.59 Å². The molecule has 0 bridgehead atoms. The van der Waals surface area contributed by atoms with Gasteiger partial charge in [0.15, 0.2) is 0 Å². The fourth-order valence-electron chi connectivity index (χ4n) is 1.84. The lowest BCUT2D eigenvalue weighted by molar-refractivity contribution is -0.146. The fourth-order valence-corrected chi connectivity index (χ4v) is 1.97. The lowest BCUT2D eigenvalue weighted by atomic mass is 10.2. The standard InChI is InChI=1S/C12H13ClN2O2/c1-2-14-7-8-15(12(17)11(14)16)10-5-3-9(13)4-6-10/h3-6H,2,7-8H2,1H3. The number of anilines is 1. The molecule has 2 rings (SSSR count). The highest BCUT2D eigenvalue weighted by atomic mass is 35.5. The maximum absolute atomic E-state index is 11.9. The summed E-state index contributed by atoms with van der Waals surface area (Å²) in [6.07, 6.45) is 0. The van der Waals surface area contributed by atoms with Gasteiger partial charge in [0.1, 0.15) is 0 Å². The minimum atomic E-state index is -0.472. The Morgan fingerprint density at radius 1 is 1.12 bits per heavy atom. The second kappa shape index (κ2) is 4.75. The van der Waals surface area contributed by atoms with E-state index in [4.69, 9.17) is 11.6 Å². The summed E-state index contributed by atoms with van der Waals surface area (Å²) in [7, 11) is 0. The molecule has 1 fully saturated rings. The second-order valence-corrected chi connectivity index (χ2v) is 4.25. The minimum absolute atomic E-state index is 0.436. The molecule has 2 amide bonds. The maximum atomic E-state index is 11.9. The van der Waals surface area contributed by atoms with Crippen molar-refractivity contribution in [3.63, 3.8) is 0 Å². The highest BCUT2D eigenvalue weighted by molar-refractivity contribution is 6.41. The number of nitrogens with zero attached hydrogens (tertiary/aromatic N) is 2. The number of carbonyl (C=O) groups is 2. The Morgan fingerprint density at radius 2 is 1.76 bits per heavy atom. The number of benzene rings is 1. The third-order valence-corrected chi connectivity index (χ3v) is 3.08. The van der Waals surface area contributed by atoms with Crippen LogP contribution in [0.25, 0.3) is 0 Å². The van der Waals surface area contributed by atoms with E-state index in [9.17, 15) is 9.59 Å². The van der Waals surface area contributed by atoms with E-state index in [1.165, 1.54) is 4.90 Å². The van der Waals surface area contributed by atoms with Gasteiger partial charge < -0.3 is 9.80 Å². The Hall–Kier alpha value is -1.55. The predicted molar refractivity (Wildman–Crippen MR) is 66.1 cm³/mol. The van der Waals surface area contributed by atoms with E-state index >= 15 is 0 Å². The van der Waals surface area contributed by atoms with Gasteiger partial charge in [-0.2, -0.15) is 0 Å². The van der Waals surface area contributed by atoms with E-state index in [-0.39, 0.29) is 0 Å². The molecule has 17 heavy (non-hydrogen) atoms. The smallest absolute Gasteiger partial charge is 0.316 e. The minimum Gasteiger partial charge on any atom is -0.333 e. The normalized spacial score (nSPS) is 16.6. The van der Waals surface area contributed by atoms with E-state index in [2.05, 4.69) is 0 Å².